The molecule has 0 radical (unpaired) electrons. The highest BCUT2D eigenvalue weighted by atomic mass is 32.1. The molecule has 0 aliphatic heterocycles. The van der Waals surface area contributed by atoms with Gasteiger partial charge in [0.05, 0.1) is 5.69 Å². The molecule has 0 bridgehead atoms. The normalized spacial score (nSPS) is 10.3. The van der Waals surface area contributed by atoms with Gasteiger partial charge in [-0.05, 0) is 38.8 Å². The lowest BCUT2D eigenvalue weighted by molar-refractivity contribution is -0.133. The van der Waals surface area contributed by atoms with Crippen molar-refractivity contribution < 1.29 is 9.59 Å². The number of carbonyl (C=O) groups excluding carboxylic acids is 2. The van der Waals surface area contributed by atoms with Gasteiger partial charge in [-0.1, -0.05) is 17.7 Å². The molecule has 2 amide bonds. The highest BCUT2D eigenvalue weighted by Crippen LogP contribution is 2.22. The number of aryl methyl sites for hydroxylation is 4. The van der Waals surface area contributed by atoms with Crippen molar-refractivity contribution in [1.82, 2.24) is 4.98 Å². The minimum absolute atomic E-state index is 0.421. The van der Waals surface area contributed by atoms with Gasteiger partial charge in [0.2, 0.25) is 0 Å². The second-order valence-corrected chi connectivity index (χ2v) is 5.83. The van der Waals surface area contributed by atoms with Crippen molar-refractivity contribution in [3.63, 3.8) is 0 Å². The van der Waals surface area contributed by atoms with Gasteiger partial charge in [-0.25, -0.2) is 4.98 Å². The maximum absolute atomic E-state index is 12.0. The number of carbonyl (C=O) groups is 2. The third-order valence-electron chi connectivity index (χ3n) is 2.96. The Hall–Kier alpha value is -2.21. The lowest BCUT2D eigenvalue weighted by Crippen LogP contribution is -2.29. The molecule has 0 fully saturated rings. The Morgan fingerprint density at radius 1 is 1.00 bits per heavy atom. The van der Waals surface area contributed by atoms with Crippen LogP contribution in [0.5, 0.6) is 0 Å². The molecule has 0 saturated carbocycles. The second kappa shape index (κ2) is 6.05. The predicted molar refractivity (Wildman–Crippen MR) is 84.8 cm³/mol. The Balaban J connectivity index is 2.09. The predicted octanol–water partition coefficient (Wildman–Crippen LogP) is 2.95. The molecule has 2 aromatic rings. The minimum Gasteiger partial charge on any atom is -0.317 e. The van der Waals surface area contributed by atoms with Gasteiger partial charge in [0.15, 0.2) is 5.13 Å². The Kier molecular flexibility index (Phi) is 4.37. The molecule has 6 heteroatoms. The molecule has 5 nitrogen and oxygen atoms in total. The molecule has 0 spiro atoms. The summed E-state index contributed by atoms with van der Waals surface area (Å²) in [6.07, 6.45) is 0. The quantitative estimate of drug-likeness (QED) is 0.838. The molecular formula is C15H17N3O2S. The summed E-state index contributed by atoms with van der Waals surface area (Å²) in [5.41, 5.74) is 4.46. The van der Waals surface area contributed by atoms with Crippen LogP contribution in [-0.4, -0.2) is 16.8 Å². The van der Waals surface area contributed by atoms with Crippen molar-refractivity contribution in [2.24, 2.45) is 0 Å². The molecule has 1 aromatic heterocycles. The second-order valence-electron chi connectivity index (χ2n) is 4.98. The van der Waals surface area contributed by atoms with Crippen LogP contribution in [0.3, 0.4) is 0 Å². The van der Waals surface area contributed by atoms with Crippen molar-refractivity contribution in [1.29, 1.82) is 0 Å². The summed E-state index contributed by atoms with van der Waals surface area (Å²) < 4.78 is 0. The molecule has 0 saturated heterocycles. The van der Waals surface area contributed by atoms with Gasteiger partial charge >= 0.3 is 11.8 Å². The van der Waals surface area contributed by atoms with E-state index < -0.39 is 11.8 Å². The topological polar surface area (TPSA) is 71.1 Å². The van der Waals surface area contributed by atoms with Crippen LogP contribution in [0.2, 0.25) is 0 Å². The van der Waals surface area contributed by atoms with E-state index in [0.29, 0.717) is 10.8 Å². The summed E-state index contributed by atoms with van der Waals surface area (Å²) in [4.78, 5) is 27.9. The van der Waals surface area contributed by atoms with E-state index in [1.807, 2.05) is 45.2 Å². The van der Waals surface area contributed by atoms with Gasteiger partial charge in [-0.3, -0.25) is 14.9 Å². The largest absolute Gasteiger partial charge is 0.317 e. The van der Waals surface area contributed by atoms with E-state index in [1.165, 1.54) is 11.3 Å². The number of hydrogen-bond acceptors (Lipinski definition) is 4. The fraction of sp³-hybridized carbons (Fsp3) is 0.267. The first-order valence-corrected chi connectivity index (χ1v) is 7.37. The zero-order chi connectivity index (χ0) is 15.6. The van der Waals surface area contributed by atoms with E-state index in [4.69, 9.17) is 0 Å². The maximum Gasteiger partial charge on any atom is 0.315 e. The lowest BCUT2D eigenvalue weighted by atomic mass is 10.1. The van der Waals surface area contributed by atoms with Crippen LogP contribution in [0.1, 0.15) is 22.4 Å². The fourth-order valence-corrected chi connectivity index (χ4v) is 2.80. The fourth-order valence-electron chi connectivity index (χ4n) is 2.11. The molecule has 0 aliphatic carbocycles. The summed E-state index contributed by atoms with van der Waals surface area (Å²) in [7, 11) is 0. The first-order valence-electron chi connectivity index (χ1n) is 6.49. The number of anilines is 2. The summed E-state index contributed by atoms with van der Waals surface area (Å²) in [5.74, 6) is -1.42. The molecule has 0 unspecified atom stereocenters. The number of aromatic nitrogens is 1. The zero-order valence-corrected chi connectivity index (χ0v) is 13.2. The van der Waals surface area contributed by atoms with Crippen LogP contribution in [-0.2, 0) is 9.59 Å². The molecule has 21 heavy (non-hydrogen) atoms. The standard InChI is InChI=1S/C15H17N3O2S/c1-8-5-9(2)12(10(3)6-8)17-13(19)14(20)18-15-16-11(4)7-21-15/h5-7H,1-4H3,(H,17,19)(H,16,18,20). The van der Waals surface area contributed by atoms with Gasteiger partial charge in [0.25, 0.3) is 0 Å². The van der Waals surface area contributed by atoms with Gasteiger partial charge in [0.1, 0.15) is 0 Å². The lowest BCUT2D eigenvalue weighted by Gasteiger charge is -2.12. The summed E-state index contributed by atoms with van der Waals surface area (Å²) in [6, 6.07) is 3.93. The van der Waals surface area contributed by atoms with E-state index in [2.05, 4.69) is 15.6 Å². The third-order valence-corrected chi connectivity index (χ3v) is 3.84. The summed E-state index contributed by atoms with van der Waals surface area (Å²) in [5, 5.41) is 7.38. The van der Waals surface area contributed by atoms with Crippen LogP contribution in [0.25, 0.3) is 0 Å². The van der Waals surface area contributed by atoms with Crippen molar-refractivity contribution in [2.75, 3.05) is 10.6 Å². The third kappa shape index (κ3) is 3.66. The maximum atomic E-state index is 12.0. The van der Waals surface area contributed by atoms with E-state index in [0.717, 1.165) is 22.4 Å². The first kappa shape index (κ1) is 15.2. The van der Waals surface area contributed by atoms with E-state index >= 15 is 0 Å². The molecule has 0 atom stereocenters. The van der Waals surface area contributed by atoms with Crippen LogP contribution in [0.15, 0.2) is 17.5 Å². The first-order chi connectivity index (χ1) is 9.86. The van der Waals surface area contributed by atoms with Crippen molar-refractivity contribution >= 4 is 34.0 Å². The number of hydrogen-bond donors (Lipinski definition) is 2. The average molecular weight is 303 g/mol. The Bertz CT molecular complexity index is 684. The number of nitrogens with zero attached hydrogens (tertiary/aromatic N) is 1. The molecule has 2 rings (SSSR count). The monoisotopic (exact) mass is 303 g/mol. The highest BCUT2D eigenvalue weighted by molar-refractivity contribution is 7.14. The van der Waals surface area contributed by atoms with Crippen LogP contribution in [0, 0.1) is 27.7 Å². The van der Waals surface area contributed by atoms with Crippen LogP contribution in [0.4, 0.5) is 10.8 Å². The number of benzene rings is 1. The van der Waals surface area contributed by atoms with E-state index in [9.17, 15) is 9.59 Å². The van der Waals surface area contributed by atoms with E-state index in [-0.39, 0.29) is 0 Å². The molecule has 1 heterocycles. The molecule has 110 valence electrons. The summed E-state index contributed by atoms with van der Waals surface area (Å²) >= 11 is 1.29. The Labute approximate surface area is 127 Å². The number of rotatable bonds is 2. The number of amides is 2. The van der Waals surface area contributed by atoms with Crippen LogP contribution < -0.4 is 10.6 Å². The summed E-state index contributed by atoms with van der Waals surface area (Å²) in [6.45, 7) is 7.61. The molecule has 2 N–H and O–H groups in total. The van der Waals surface area contributed by atoms with Gasteiger partial charge in [-0.15, -0.1) is 11.3 Å². The van der Waals surface area contributed by atoms with Gasteiger partial charge in [-0.2, -0.15) is 0 Å². The molecule has 1 aromatic carbocycles. The van der Waals surface area contributed by atoms with Crippen LogP contribution >= 0.6 is 11.3 Å². The molecule has 0 aliphatic rings. The van der Waals surface area contributed by atoms with E-state index in [1.54, 1.807) is 0 Å². The SMILES string of the molecule is Cc1cc(C)c(NC(=O)C(=O)Nc2nc(C)cs2)c(C)c1. The van der Waals surface area contributed by atoms with Gasteiger partial charge in [0, 0.05) is 11.1 Å². The van der Waals surface area contributed by atoms with Gasteiger partial charge < -0.3 is 5.32 Å². The van der Waals surface area contributed by atoms with Crippen molar-refractivity contribution in [3.05, 3.63) is 39.9 Å². The Morgan fingerprint density at radius 3 is 2.10 bits per heavy atom. The minimum atomic E-state index is -0.719. The van der Waals surface area contributed by atoms with Crippen molar-refractivity contribution in [3.8, 4) is 0 Å². The average Bonchev–Trinajstić information content (AvgIpc) is 2.78. The Morgan fingerprint density at radius 2 is 1.57 bits per heavy atom. The highest BCUT2D eigenvalue weighted by Gasteiger charge is 2.17. The molecular weight excluding hydrogens is 286 g/mol. The number of nitrogens with one attached hydrogen (secondary N) is 2. The van der Waals surface area contributed by atoms with Crippen molar-refractivity contribution in [2.45, 2.75) is 27.7 Å². The smallest absolute Gasteiger partial charge is 0.315 e. The number of thiazole rings is 1. The zero-order valence-electron chi connectivity index (χ0n) is 12.4.